The zero-order valence-corrected chi connectivity index (χ0v) is 10.6. The van der Waals surface area contributed by atoms with Crippen molar-refractivity contribution in [2.24, 2.45) is 0 Å². The fourth-order valence-electron chi connectivity index (χ4n) is 1.98. The lowest BCUT2D eigenvalue weighted by molar-refractivity contribution is -0.132. The van der Waals surface area contributed by atoms with Crippen molar-refractivity contribution < 1.29 is 14.7 Å². The van der Waals surface area contributed by atoms with E-state index in [-0.39, 0.29) is 25.0 Å². The Morgan fingerprint density at radius 2 is 2.22 bits per heavy atom. The first-order valence-corrected chi connectivity index (χ1v) is 5.91. The quantitative estimate of drug-likeness (QED) is 0.774. The molecule has 1 aliphatic rings. The monoisotopic (exact) mass is 268 g/mol. The summed E-state index contributed by atoms with van der Waals surface area (Å²) in [4.78, 5) is 24.7. The summed E-state index contributed by atoms with van der Waals surface area (Å²) in [5.74, 6) is -0.711. The van der Waals surface area contributed by atoms with E-state index in [1.54, 1.807) is 30.0 Å². The van der Waals surface area contributed by atoms with Gasteiger partial charge in [0.05, 0.1) is 13.2 Å². The fourth-order valence-corrected chi connectivity index (χ4v) is 2.21. The van der Waals surface area contributed by atoms with Crippen molar-refractivity contribution in [3.63, 3.8) is 0 Å². The highest BCUT2D eigenvalue weighted by Crippen LogP contribution is 2.29. The van der Waals surface area contributed by atoms with Crippen molar-refractivity contribution in [3.8, 4) is 0 Å². The van der Waals surface area contributed by atoms with Gasteiger partial charge in [-0.2, -0.15) is 0 Å². The molecule has 0 aliphatic carbocycles. The van der Waals surface area contributed by atoms with Gasteiger partial charge < -0.3 is 10.0 Å². The number of carbonyl (C=O) groups is 2. The molecule has 1 heterocycles. The molecule has 1 aliphatic heterocycles. The van der Waals surface area contributed by atoms with Crippen LogP contribution in [-0.4, -0.2) is 29.5 Å². The highest BCUT2D eigenvalue weighted by Gasteiger charge is 2.31. The standard InChI is InChI=1S/C12H13ClN2O3/c1-7-12(18)14-11(17)5-15(7)10-4-2-3-9(13)8(10)6-16/h2-4,7,16H,5-6H2,1H3,(H,14,17,18). The molecule has 0 bridgehead atoms. The third-order valence-electron chi connectivity index (χ3n) is 2.99. The molecule has 1 aromatic rings. The minimum atomic E-state index is -0.480. The molecule has 0 radical (unpaired) electrons. The van der Waals surface area contributed by atoms with E-state index < -0.39 is 6.04 Å². The maximum Gasteiger partial charge on any atom is 0.249 e. The van der Waals surface area contributed by atoms with Crippen LogP contribution in [0.1, 0.15) is 12.5 Å². The molecule has 1 saturated heterocycles. The van der Waals surface area contributed by atoms with Crippen LogP contribution in [0.2, 0.25) is 5.02 Å². The molecule has 0 aromatic heterocycles. The number of nitrogens with one attached hydrogen (secondary N) is 1. The summed E-state index contributed by atoms with van der Waals surface area (Å²) in [6, 6.07) is 4.64. The van der Waals surface area contributed by atoms with E-state index in [0.717, 1.165) is 0 Å². The van der Waals surface area contributed by atoms with Crippen molar-refractivity contribution in [3.05, 3.63) is 28.8 Å². The largest absolute Gasteiger partial charge is 0.392 e. The average Bonchev–Trinajstić information content (AvgIpc) is 2.33. The van der Waals surface area contributed by atoms with Gasteiger partial charge in [0.1, 0.15) is 6.04 Å². The number of anilines is 1. The minimum Gasteiger partial charge on any atom is -0.392 e. The number of aliphatic hydroxyl groups is 1. The van der Waals surface area contributed by atoms with Gasteiger partial charge in [-0.25, -0.2) is 0 Å². The van der Waals surface area contributed by atoms with Crippen LogP contribution in [0.4, 0.5) is 5.69 Å². The van der Waals surface area contributed by atoms with E-state index in [2.05, 4.69) is 5.32 Å². The number of aliphatic hydroxyl groups excluding tert-OH is 1. The lowest BCUT2D eigenvalue weighted by Crippen LogP contribution is -2.57. The lowest BCUT2D eigenvalue weighted by atomic mass is 10.1. The fraction of sp³-hybridized carbons (Fsp3) is 0.333. The Morgan fingerprint density at radius 1 is 1.50 bits per heavy atom. The van der Waals surface area contributed by atoms with Crippen molar-refractivity contribution in [1.29, 1.82) is 0 Å². The molecule has 2 N–H and O–H groups in total. The van der Waals surface area contributed by atoms with Crippen LogP contribution < -0.4 is 10.2 Å². The molecule has 5 nitrogen and oxygen atoms in total. The number of imide groups is 1. The Kier molecular flexibility index (Phi) is 3.54. The Labute approximate surface area is 109 Å². The van der Waals surface area contributed by atoms with Gasteiger partial charge in [0.2, 0.25) is 11.8 Å². The van der Waals surface area contributed by atoms with Crippen molar-refractivity contribution >= 4 is 29.1 Å². The highest BCUT2D eigenvalue weighted by atomic mass is 35.5. The second kappa shape index (κ2) is 4.96. The van der Waals surface area contributed by atoms with Gasteiger partial charge in [0, 0.05) is 16.3 Å². The summed E-state index contributed by atoms with van der Waals surface area (Å²) in [7, 11) is 0. The Morgan fingerprint density at radius 3 is 2.89 bits per heavy atom. The van der Waals surface area contributed by atoms with E-state index >= 15 is 0 Å². The van der Waals surface area contributed by atoms with Crippen LogP contribution in [0.15, 0.2) is 18.2 Å². The van der Waals surface area contributed by atoms with Crippen LogP contribution in [0.3, 0.4) is 0 Å². The first kappa shape index (κ1) is 12.9. The summed E-state index contributed by atoms with van der Waals surface area (Å²) in [6.45, 7) is 1.53. The SMILES string of the molecule is CC1C(=O)NC(=O)CN1c1cccc(Cl)c1CO. The van der Waals surface area contributed by atoms with Gasteiger partial charge in [-0.1, -0.05) is 17.7 Å². The maximum atomic E-state index is 11.6. The maximum absolute atomic E-state index is 11.6. The normalized spacial score (nSPS) is 19.9. The average molecular weight is 269 g/mol. The molecule has 0 saturated carbocycles. The summed E-state index contributed by atoms with van der Waals surface area (Å²) in [5, 5.41) is 12.0. The van der Waals surface area contributed by atoms with Crippen molar-refractivity contribution in [1.82, 2.24) is 5.32 Å². The second-order valence-electron chi connectivity index (χ2n) is 4.11. The number of piperazine rings is 1. The van der Waals surface area contributed by atoms with Crippen LogP contribution >= 0.6 is 11.6 Å². The van der Waals surface area contributed by atoms with Gasteiger partial charge in [0.25, 0.3) is 0 Å². The summed E-state index contributed by atoms with van der Waals surface area (Å²) in [6.07, 6.45) is 0. The van der Waals surface area contributed by atoms with Crippen LogP contribution in [0, 0.1) is 0 Å². The number of carbonyl (C=O) groups excluding carboxylic acids is 2. The molecule has 0 spiro atoms. The summed E-state index contributed by atoms with van der Waals surface area (Å²) < 4.78 is 0. The van der Waals surface area contributed by atoms with E-state index in [1.807, 2.05) is 0 Å². The number of benzene rings is 1. The molecule has 1 atom stereocenters. The van der Waals surface area contributed by atoms with Crippen molar-refractivity contribution in [2.75, 3.05) is 11.4 Å². The molecule has 2 amide bonds. The summed E-state index contributed by atoms with van der Waals surface area (Å²) in [5.41, 5.74) is 1.13. The molecule has 18 heavy (non-hydrogen) atoms. The highest BCUT2D eigenvalue weighted by molar-refractivity contribution is 6.31. The van der Waals surface area contributed by atoms with Gasteiger partial charge in [-0.3, -0.25) is 14.9 Å². The van der Waals surface area contributed by atoms with Gasteiger partial charge in [-0.05, 0) is 19.1 Å². The zero-order valence-electron chi connectivity index (χ0n) is 9.81. The molecular formula is C12H13ClN2O3. The third-order valence-corrected chi connectivity index (χ3v) is 3.34. The number of nitrogens with zero attached hydrogens (tertiary/aromatic N) is 1. The number of rotatable bonds is 2. The Balaban J connectivity index is 2.44. The number of hydrogen-bond donors (Lipinski definition) is 2. The third kappa shape index (κ3) is 2.19. The molecule has 2 rings (SSSR count). The van der Waals surface area contributed by atoms with E-state index in [9.17, 15) is 14.7 Å². The minimum absolute atomic E-state index is 0.0697. The Bertz CT molecular complexity index is 504. The molecule has 6 heteroatoms. The second-order valence-corrected chi connectivity index (χ2v) is 4.52. The summed E-state index contributed by atoms with van der Waals surface area (Å²) >= 11 is 6.00. The molecule has 96 valence electrons. The Hall–Kier alpha value is -1.59. The van der Waals surface area contributed by atoms with E-state index in [1.165, 1.54) is 0 Å². The first-order chi connectivity index (χ1) is 8.54. The number of amides is 2. The topological polar surface area (TPSA) is 69.6 Å². The van der Waals surface area contributed by atoms with Crippen LogP contribution in [0.5, 0.6) is 0 Å². The lowest BCUT2D eigenvalue weighted by Gasteiger charge is -2.34. The molecule has 1 fully saturated rings. The smallest absolute Gasteiger partial charge is 0.249 e. The van der Waals surface area contributed by atoms with Gasteiger partial charge >= 0.3 is 0 Å². The number of halogens is 1. The molecule has 1 aromatic carbocycles. The predicted molar refractivity (Wildman–Crippen MR) is 67.3 cm³/mol. The molecule has 1 unspecified atom stereocenters. The van der Waals surface area contributed by atoms with Crippen LogP contribution in [-0.2, 0) is 16.2 Å². The first-order valence-electron chi connectivity index (χ1n) is 5.53. The van der Waals surface area contributed by atoms with Gasteiger partial charge in [-0.15, -0.1) is 0 Å². The molecular weight excluding hydrogens is 256 g/mol. The van der Waals surface area contributed by atoms with Crippen LogP contribution in [0.25, 0.3) is 0 Å². The van der Waals surface area contributed by atoms with Crippen molar-refractivity contribution in [2.45, 2.75) is 19.6 Å². The zero-order chi connectivity index (χ0) is 13.3. The van der Waals surface area contributed by atoms with Gasteiger partial charge in [0.15, 0.2) is 0 Å². The van der Waals surface area contributed by atoms with E-state index in [0.29, 0.717) is 16.3 Å². The predicted octanol–water partition coefficient (Wildman–Crippen LogP) is 0.684. The van der Waals surface area contributed by atoms with E-state index in [4.69, 9.17) is 11.6 Å². The number of hydrogen-bond acceptors (Lipinski definition) is 4.